The summed E-state index contributed by atoms with van der Waals surface area (Å²) < 4.78 is 0.928. The summed E-state index contributed by atoms with van der Waals surface area (Å²) in [6.45, 7) is 0. The van der Waals surface area contributed by atoms with Gasteiger partial charge in [-0.1, -0.05) is 15.9 Å². The highest BCUT2D eigenvalue weighted by atomic mass is 79.9. The van der Waals surface area contributed by atoms with Gasteiger partial charge in [-0.2, -0.15) is 11.8 Å². The molecule has 1 unspecified atom stereocenters. The van der Waals surface area contributed by atoms with Crippen molar-refractivity contribution < 1.29 is 14.7 Å². The van der Waals surface area contributed by atoms with Crippen LogP contribution in [0.1, 0.15) is 12.0 Å². The minimum Gasteiger partial charge on any atom is -0.480 e. The molecular weight excluding hydrogens is 368 g/mol. The van der Waals surface area contributed by atoms with E-state index in [9.17, 15) is 14.7 Å². The predicted octanol–water partition coefficient (Wildman–Crippen LogP) is 2.80. The maximum absolute atomic E-state index is 11.8. The number of carboxylic acid groups (broad SMARTS) is 1. The van der Waals surface area contributed by atoms with E-state index in [-0.39, 0.29) is 12.3 Å². The van der Waals surface area contributed by atoms with Crippen LogP contribution >= 0.6 is 27.7 Å². The van der Waals surface area contributed by atoms with Gasteiger partial charge in [0.15, 0.2) is 0 Å². The number of carboxylic acids is 1. The SMILES string of the molecule is CSCCC(=O)NC(Cc1c[nH]c2ccc(Br)cc12)C(=O)O. The molecule has 0 radical (unpaired) electrons. The van der Waals surface area contributed by atoms with Gasteiger partial charge < -0.3 is 15.4 Å². The van der Waals surface area contributed by atoms with Gasteiger partial charge in [0.1, 0.15) is 6.04 Å². The van der Waals surface area contributed by atoms with Crippen LogP contribution in [0.5, 0.6) is 0 Å². The molecule has 0 aliphatic rings. The van der Waals surface area contributed by atoms with Crippen molar-refractivity contribution in [1.29, 1.82) is 0 Å². The Hall–Kier alpha value is -1.47. The molecule has 5 nitrogen and oxygen atoms in total. The number of aromatic nitrogens is 1. The lowest BCUT2D eigenvalue weighted by atomic mass is 10.0. The summed E-state index contributed by atoms with van der Waals surface area (Å²) in [6, 6.07) is 4.86. The van der Waals surface area contributed by atoms with Crippen molar-refractivity contribution in [1.82, 2.24) is 10.3 Å². The summed E-state index contributed by atoms with van der Waals surface area (Å²) in [6.07, 6.45) is 4.27. The molecule has 7 heteroatoms. The zero-order valence-electron chi connectivity index (χ0n) is 12.1. The van der Waals surface area contributed by atoms with Crippen LogP contribution in [0.2, 0.25) is 0 Å². The highest BCUT2D eigenvalue weighted by Gasteiger charge is 2.21. The van der Waals surface area contributed by atoms with Crippen LogP contribution in [0, 0.1) is 0 Å². The number of thioether (sulfide) groups is 1. The maximum atomic E-state index is 11.8. The number of hydrogen-bond acceptors (Lipinski definition) is 3. The summed E-state index contributed by atoms with van der Waals surface area (Å²) in [5.74, 6) is -0.581. The fourth-order valence-electron chi connectivity index (χ4n) is 2.20. The van der Waals surface area contributed by atoms with Gasteiger partial charge in [0, 0.05) is 40.2 Å². The van der Waals surface area contributed by atoms with Crippen LogP contribution in [0.15, 0.2) is 28.9 Å². The number of amides is 1. The second kappa shape index (κ2) is 7.69. The van der Waals surface area contributed by atoms with Gasteiger partial charge in [0.2, 0.25) is 5.91 Å². The number of hydrogen-bond donors (Lipinski definition) is 3. The molecule has 0 saturated heterocycles. The number of fused-ring (bicyclic) bond motifs is 1. The Morgan fingerprint density at radius 1 is 1.45 bits per heavy atom. The molecule has 1 amide bonds. The van der Waals surface area contributed by atoms with Crippen molar-refractivity contribution in [2.45, 2.75) is 18.9 Å². The van der Waals surface area contributed by atoms with E-state index in [1.807, 2.05) is 24.5 Å². The van der Waals surface area contributed by atoms with E-state index in [0.29, 0.717) is 12.2 Å². The first kappa shape index (κ1) is 16.9. The topological polar surface area (TPSA) is 82.2 Å². The quantitative estimate of drug-likeness (QED) is 0.685. The number of rotatable bonds is 7. The fraction of sp³-hybridized carbons (Fsp3) is 0.333. The molecule has 3 N–H and O–H groups in total. The van der Waals surface area contributed by atoms with Crippen LogP contribution < -0.4 is 5.32 Å². The number of carbonyl (C=O) groups is 2. The average Bonchev–Trinajstić information content (AvgIpc) is 2.86. The third kappa shape index (κ3) is 4.27. The standard InChI is InChI=1S/C15H17BrN2O3S/c1-22-5-4-14(19)18-13(15(20)21)6-9-8-17-12-3-2-10(16)7-11(9)12/h2-3,7-8,13,17H,4-6H2,1H3,(H,18,19)(H,20,21). The van der Waals surface area contributed by atoms with E-state index in [2.05, 4.69) is 26.2 Å². The number of benzene rings is 1. The number of halogens is 1. The van der Waals surface area contributed by atoms with Crippen molar-refractivity contribution in [3.8, 4) is 0 Å². The molecule has 0 saturated carbocycles. The Morgan fingerprint density at radius 3 is 2.91 bits per heavy atom. The third-order valence-corrected chi connectivity index (χ3v) is 4.43. The van der Waals surface area contributed by atoms with Gasteiger partial charge in [-0.25, -0.2) is 4.79 Å². The first-order valence-electron chi connectivity index (χ1n) is 6.78. The molecule has 0 aliphatic heterocycles. The maximum Gasteiger partial charge on any atom is 0.326 e. The normalized spacial score (nSPS) is 12.3. The van der Waals surface area contributed by atoms with E-state index in [1.165, 1.54) is 0 Å². The van der Waals surface area contributed by atoms with Crippen LogP contribution in [-0.2, 0) is 16.0 Å². The smallest absolute Gasteiger partial charge is 0.326 e. The first-order valence-corrected chi connectivity index (χ1v) is 8.96. The van der Waals surface area contributed by atoms with Gasteiger partial charge in [-0.3, -0.25) is 4.79 Å². The average molecular weight is 385 g/mol. The lowest BCUT2D eigenvalue weighted by molar-refractivity contribution is -0.141. The van der Waals surface area contributed by atoms with E-state index in [0.717, 1.165) is 20.9 Å². The molecule has 0 aliphatic carbocycles. The van der Waals surface area contributed by atoms with Crippen molar-refractivity contribution in [3.63, 3.8) is 0 Å². The molecule has 1 atom stereocenters. The third-order valence-electron chi connectivity index (χ3n) is 3.32. The largest absolute Gasteiger partial charge is 0.480 e. The molecule has 1 aromatic heterocycles. The van der Waals surface area contributed by atoms with Crippen molar-refractivity contribution >= 4 is 50.5 Å². The number of H-pyrrole nitrogens is 1. The lowest BCUT2D eigenvalue weighted by Gasteiger charge is -2.14. The first-order chi connectivity index (χ1) is 10.5. The van der Waals surface area contributed by atoms with E-state index >= 15 is 0 Å². The minimum atomic E-state index is -1.03. The number of aliphatic carboxylic acids is 1. The second-order valence-corrected chi connectivity index (χ2v) is 6.81. The van der Waals surface area contributed by atoms with E-state index in [4.69, 9.17) is 0 Å². The highest BCUT2D eigenvalue weighted by molar-refractivity contribution is 9.10. The summed E-state index contributed by atoms with van der Waals surface area (Å²) in [7, 11) is 0. The number of aromatic amines is 1. The lowest BCUT2D eigenvalue weighted by Crippen LogP contribution is -2.42. The number of carbonyl (C=O) groups excluding carboxylic acids is 1. The van der Waals surface area contributed by atoms with Crippen LogP contribution in [0.25, 0.3) is 10.9 Å². The zero-order valence-corrected chi connectivity index (χ0v) is 14.5. The zero-order chi connectivity index (χ0) is 16.1. The molecule has 0 fully saturated rings. The van der Waals surface area contributed by atoms with Gasteiger partial charge >= 0.3 is 5.97 Å². The molecule has 1 heterocycles. The van der Waals surface area contributed by atoms with Gasteiger partial charge in [0.05, 0.1) is 0 Å². The summed E-state index contributed by atoms with van der Waals surface area (Å²) in [4.78, 5) is 26.3. The predicted molar refractivity (Wildman–Crippen MR) is 92.3 cm³/mol. The Morgan fingerprint density at radius 2 is 2.23 bits per heavy atom. The Bertz CT molecular complexity index is 686. The Labute approximate surface area is 141 Å². The molecule has 118 valence electrons. The Kier molecular flexibility index (Phi) is 5.90. The van der Waals surface area contributed by atoms with E-state index in [1.54, 1.807) is 18.0 Å². The molecular formula is C15H17BrN2O3S. The second-order valence-electron chi connectivity index (χ2n) is 4.91. The van der Waals surface area contributed by atoms with E-state index < -0.39 is 12.0 Å². The summed E-state index contributed by atoms with van der Waals surface area (Å²) in [5.41, 5.74) is 1.81. The minimum absolute atomic E-state index is 0.234. The van der Waals surface area contributed by atoms with Gasteiger partial charge in [-0.15, -0.1) is 0 Å². The molecule has 0 spiro atoms. The molecule has 22 heavy (non-hydrogen) atoms. The summed E-state index contributed by atoms with van der Waals surface area (Å²) in [5, 5.41) is 12.9. The fourth-order valence-corrected chi connectivity index (χ4v) is 2.95. The van der Waals surface area contributed by atoms with Gasteiger partial charge in [0.25, 0.3) is 0 Å². The molecule has 1 aromatic carbocycles. The van der Waals surface area contributed by atoms with Gasteiger partial charge in [-0.05, 0) is 30.0 Å². The molecule has 2 rings (SSSR count). The highest BCUT2D eigenvalue weighted by Crippen LogP contribution is 2.23. The van der Waals surface area contributed by atoms with Crippen LogP contribution in [0.3, 0.4) is 0 Å². The van der Waals surface area contributed by atoms with Crippen molar-refractivity contribution in [2.24, 2.45) is 0 Å². The summed E-state index contributed by atoms with van der Waals surface area (Å²) >= 11 is 4.97. The van der Waals surface area contributed by atoms with Crippen molar-refractivity contribution in [3.05, 3.63) is 34.4 Å². The Balaban J connectivity index is 2.14. The molecule has 2 aromatic rings. The monoisotopic (exact) mass is 384 g/mol. The number of nitrogens with one attached hydrogen (secondary N) is 2. The van der Waals surface area contributed by atoms with Crippen molar-refractivity contribution in [2.75, 3.05) is 12.0 Å². The molecule has 0 bridgehead atoms. The van der Waals surface area contributed by atoms with Crippen LogP contribution in [-0.4, -0.2) is 40.0 Å². The van der Waals surface area contributed by atoms with Crippen LogP contribution in [0.4, 0.5) is 0 Å².